The smallest absolute Gasteiger partial charge is 0.233 e. The zero-order valence-corrected chi connectivity index (χ0v) is 12.1. The van der Waals surface area contributed by atoms with Crippen LogP contribution in [0.1, 0.15) is 55.1 Å². The Labute approximate surface area is 119 Å². The van der Waals surface area contributed by atoms with Crippen LogP contribution in [0.25, 0.3) is 0 Å². The standard InChI is InChI=1S/C16H21N3O/c1-3-17-11(2)15-18-19-16(20-15)14-9-8-12-6-4-5-7-13(12)10-14/h4-7,11,14,17H,3,8-10H2,1-2H3. The highest BCUT2D eigenvalue weighted by Gasteiger charge is 2.25. The van der Waals surface area contributed by atoms with Gasteiger partial charge in [-0.3, -0.25) is 0 Å². The third-order valence-electron chi connectivity index (χ3n) is 4.03. The van der Waals surface area contributed by atoms with Gasteiger partial charge in [-0.25, -0.2) is 0 Å². The lowest BCUT2D eigenvalue weighted by Crippen LogP contribution is -2.17. The molecule has 1 heterocycles. The second-order valence-corrected chi connectivity index (χ2v) is 5.47. The van der Waals surface area contributed by atoms with Gasteiger partial charge in [0.1, 0.15) is 0 Å². The van der Waals surface area contributed by atoms with Gasteiger partial charge < -0.3 is 9.73 Å². The molecule has 0 fully saturated rings. The van der Waals surface area contributed by atoms with Crippen molar-refractivity contribution in [3.05, 3.63) is 47.2 Å². The molecule has 4 heteroatoms. The topological polar surface area (TPSA) is 51.0 Å². The minimum absolute atomic E-state index is 0.122. The molecule has 106 valence electrons. The van der Waals surface area contributed by atoms with Crippen LogP contribution < -0.4 is 5.32 Å². The molecule has 0 saturated heterocycles. The fourth-order valence-electron chi connectivity index (χ4n) is 2.89. The number of nitrogens with zero attached hydrogens (tertiary/aromatic N) is 2. The van der Waals surface area contributed by atoms with Crippen molar-refractivity contribution in [3.63, 3.8) is 0 Å². The largest absolute Gasteiger partial charge is 0.423 e. The van der Waals surface area contributed by atoms with Crippen LogP contribution in [0, 0.1) is 0 Å². The summed E-state index contributed by atoms with van der Waals surface area (Å²) in [6.07, 6.45) is 3.20. The van der Waals surface area contributed by atoms with Gasteiger partial charge in [0.05, 0.1) is 6.04 Å². The molecule has 0 radical (unpaired) electrons. The van der Waals surface area contributed by atoms with E-state index in [1.807, 2.05) is 0 Å². The van der Waals surface area contributed by atoms with Gasteiger partial charge in [-0.1, -0.05) is 31.2 Å². The predicted octanol–water partition coefficient (Wildman–Crippen LogP) is 3.01. The van der Waals surface area contributed by atoms with Gasteiger partial charge in [-0.15, -0.1) is 10.2 Å². The van der Waals surface area contributed by atoms with Gasteiger partial charge in [-0.2, -0.15) is 0 Å². The molecule has 0 bridgehead atoms. The molecule has 0 spiro atoms. The minimum Gasteiger partial charge on any atom is -0.423 e. The van der Waals surface area contributed by atoms with Crippen molar-refractivity contribution >= 4 is 0 Å². The zero-order chi connectivity index (χ0) is 13.9. The number of benzene rings is 1. The van der Waals surface area contributed by atoms with Crippen molar-refractivity contribution in [2.75, 3.05) is 6.54 Å². The van der Waals surface area contributed by atoms with Crippen LogP contribution in [0.3, 0.4) is 0 Å². The molecule has 1 aromatic heterocycles. The molecular weight excluding hydrogens is 250 g/mol. The highest BCUT2D eigenvalue weighted by molar-refractivity contribution is 5.31. The van der Waals surface area contributed by atoms with Crippen LogP contribution in [0.4, 0.5) is 0 Å². The van der Waals surface area contributed by atoms with Crippen LogP contribution in [-0.4, -0.2) is 16.7 Å². The molecule has 0 amide bonds. The number of aromatic nitrogens is 2. The van der Waals surface area contributed by atoms with Crippen LogP contribution in [0.15, 0.2) is 28.7 Å². The summed E-state index contributed by atoms with van der Waals surface area (Å²) in [7, 11) is 0. The van der Waals surface area contributed by atoms with Crippen molar-refractivity contribution in [1.29, 1.82) is 0 Å². The monoisotopic (exact) mass is 271 g/mol. The molecule has 1 N–H and O–H groups in total. The molecule has 2 atom stereocenters. The first kappa shape index (κ1) is 13.3. The number of hydrogen-bond donors (Lipinski definition) is 1. The van der Waals surface area contributed by atoms with E-state index in [0.29, 0.717) is 11.8 Å². The Balaban J connectivity index is 1.75. The Kier molecular flexibility index (Phi) is 3.83. The second-order valence-electron chi connectivity index (χ2n) is 5.47. The average Bonchev–Trinajstić information content (AvgIpc) is 2.97. The highest BCUT2D eigenvalue weighted by Crippen LogP contribution is 2.32. The van der Waals surface area contributed by atoms with Gasteiger partial charge in [0.15, 0.2) is 0 Å². The number of nitrogens with one attached hydrogen (secondary N) is 1. The minimum atomic E-state index is 0.122. The van der Waals surface area contributed by atoms with Gasteiger partial charge in [0.25, 0.3) is 0 Å². The summed E-state index contributed by atoms with van der Waals surface area (Å²) in [6, 6.07) is 8.77. The molecule has 20 heavy (non-hydrogen) atoms. The maximum absolute atomic E-state index is 5.87. The summed E-state index contributed by atoms with van der Waals surface area (Å²) in [5, 5.41) is 11.7. The van der Waals surface area contributed by atoms with Gasteiger partial charge >= 0.3 is 0 Å². The Bertz CT molecular complexity index is 579. The van der Waals surface area contributed by atoms with Crippen molar-refractivity contribution in [2.24, 2.45) is 0 Å². The Morgan fingerprint density at radius 3 is 2.90 bits per heavy atom. The fourth-order valence-corrected chi connectivity index (χ4v) is 2.89. The summed E-state index contributed by atoms with van der Waals surface area (Å²) >= 11 is 0. The zero-order valence-electron chi connectivity index (χ0n) is 12.1. The van der Waals surface area contributed by atoms with Crippen LogP contribution in [0.2, 0.25) is 0 Å². The maximum atomic E-state index is 5.87. The predicted molar refractivity (Wildman–Crippen MR) is 77.6 cm³/mol. The molecule has 1 aliphatic rings. The second kappa shape index (κ2) is 5.75. The van der Waals surface area contributed by atoms with E-state index < -0.39 is 0 Å². The molecule has 1 aliphatic carbocycles. The molecule has 2 aromatic rings. The molecule has 0 saturated carbocycles. The molecule has 0 aliphatic heterocycles. The normalized spacial score (nSPS) is 19.6. The molecule has 1 aromatic carbocycles. The van der Waals surface area contributed by atoms with Crippen LogP contribution >= 0.6 is 0 Å². The van der Waals surface area contributed by atoms with Gasteiger partial charge in [0.2, 0.25) is 11.8 Å². The van der Waals surface area contributed by atoms with Crippen molar-refractivity contribution in [3.8, 4) is 0 Å². The third-order valence-corrected chi connectivity index (χ3v) is 4.03. The van der Waals surface area contributed by atoms with Gasteiger partial charge in [0, 0.05) is 5.92 Å². The molecule has 2 unspecified atom stereocenters. The maximum Gasteiger partial charge on any atom is 0.233 e. The quantitative estimate of drug-likeness (QED) is 0.928. The van der Waals surface area contributed by atoms with E-state index in [1.54, 1.807) is 0 Å². The van der Waals surface area contributed by atoms with E-state index in [4.69, 9.17) is 4.42 Å². The summed E-state index contributed by atoms with van der Waals surface area (Å²) < 4.78 is 5.87. The summed E-state index contributed by atoms with van der Waals surface area (Å²) in [4.78, 5) is 0. The first-order valence-corrected chi connectivity index (χ1v) is 7.41. The molecular formula is C16H21N3O. The number of rotatable bonds is 4. The van der Waals surface area contributed by atoms with Crippen LogP contribution in [0.5, 0.6) is 0 Å². The lowest BCUT2D eigenvalue weighted by atomic mass is 9.84. The molecule has 3 rings (SSSR count). The van der Waals surface area contributed by atoms with Crippen molar-refractivity contribution in [1.82, 2.24) is 15.5 Å². The summed E-state index contributed by atoms with van der Waals surface area (Å²) in [6.45, 7) is 5.03. The molecule has 4 nitrogen and oxygen atoms in total. The van der Waals surface area contributed by atoms with E-state index >= 15 is 0 Å². The summed E-state index contributed by atoms with van der Waals surface area (Å²) in [5.74, 6) is 1.85. The Hall–Kier alpha value is -1.68. The van der Waals surface area contributed by atoms with Crippen LogP contribution in [-0.2, 0) is 12.8 Å². The lowest BCUT2D eigenvalue weighted by Gasteiger charge is -2.21. The lowest BCUT2D eigenvalue weighted by molar-refractivity contribution is 0.365. The Morgan fingerprint density at radius 1 is 1.30 bits per heavy atom. The van der Waals surface area contributed by atoms with Crippen molar-refractivity contribution < 1.29 is 4.42 Å². The fraction of sp³-hybridized carbons (Fsp3) is 0.500. The van der Waals surface area contributed by atoms with E-state index in [9.17, 15) is 0 Å². The van der Waals surface area contributed by atoms with E-state index in [-0.39, 0.29) is 6.04 Å². The third kappa shape index (κ3) is 2.61. The average molecular weight is 271 g/mol. The van der Waals surface area contributed by atoms with E-state index in [1.165, 1.54) is 11.1 Å². The van der Waals surface area contributed by atoms with E-state index in [0.717, 1.165) is 31.7 Å². The van der Waals surface area contributed by atoms with Crippen molar-refractivity contribution in [2.45, 2.75) is 45.1 Å². The first-order chi connectivity index (χ1) is 9.78. The Morgan fingerprint density at radius 2 is 2.10 bits per heavy atom. The SMILES string of the molecule is CCNC(C)c1nnc(C2CCc3ccccc3C2)o1. The number of fused-ring (bicyclic) bond motifs is 1. The first-order valence-electron chi connectivity index (χ1n) is 7.41. The van der Waals surface area contributed by atoms with E-state index in [2.05, 4.69) is 53.6 Å². The summed E-state index contributed by atoms with van der Waals surface area (Å²) in [5.41, 5.74) is 2.88. The number of hydrogen-bond acceptors (Lipinski definition) is 4. The highest BCUT2D eigenvalue weighted by atomic mass is 16.4. The number of aryl methyl sites for hydroxylation is 1. The van der Waals surface area contributed by atoms with Gasteiger partial charge in [-0.05, 0) is 43.9 Å².